The van der Waals surface area contributed by atoms with Crippen molar-refractivity contribution in [3.63, 3.8) is 0 Å². The quantitative estimate of drug-likeness (QED) is 0.455. The lowest BCUT2D eigenvalue weighted by Gasteiger charge is -2.37. The predicted octanol–water partition coefficient (Wildman–Crippen LogP) is -0.117. The Kier molecular flexibility index (Phi) is 4.28. The van der Waals surface area contributed by atoms with Crippen molar-refractivity contribution in [3.8, 4) is 0 Å². The van der Waals surface area contributed by atoms with Crippen LogP contribution in [0, 0.1) is 0 Å². The monoisotopic (exact) mass is 269 g/mol. The van der Waals surface area contributed by atoms with E-state index in [-0.39, 0.29) is 5.91 Å². The third-order valence-electron chi connectivity index (χ3n) is 3.21. The van der Waals surface area contributed by atoms with E-state index in [9.17, 15) is 4.79 Å². The maximum absolute atomic E-state index is 11.3. The molecule has 1 aromatic heterocycles. The smallest absolute Gasteiger partial charge is 0.294 e. The minimum absolute atomic E-state index is 0.322. The van der Waals surface area contributed by atoms with Gasteiger partial charge in [0.2, 0.25) is 0 Å². The van der Waals surface area contributed by atoms with Crippen LogP contribution in [0.4, 0.5) is 0 Å². The number of carbonyl (C=O) groups is 1. The van der Waals surface area contributed by atoms with E-state index in [1.807, 2.05) is 5.38 Å². The number of nitrogens with two attached hydrogens (primary N) is 1. The first-order chi connectivity index (χ1) is 8.60. The van der Waals surface area contributed by atoms with Crippen LogP contribution in [0.3, 0.4) is 0 Å². The number of hydrazine groups is 1. The fraction of sp³-hybridized carbons (Fsp3) is 0.636. The van der Waals surface area contributed by atoms with Crippen LogP contribution < -0.4 is 11.3 Å². The second kappa shape index (κ2) is 5.75. The Hall–Kier alpha value is -1.02. The summed E-state index contributed by atoms with van der Waals surface area (Å²) in [7, 11) is 2.14. The molecule has 1 fully saturated rings. The summed E-state index contributed by atoms with van der Waals surface area (Å²) in [5.74, 6) is 4.76. The molecule has 0 aliphatic carbocycles. The maximum Gasteiger partial charge on any atom is 0.294 e. The average molecular weight is 269 g/mol. The van der Waals surface area contributed by atoms with Gasteiger partial charge in [0.1, 0.15) is 0 Å². The SMILES string of the molecule is CC1CN(C)CCN1Cc1csc(C(=O)NN)n1. The van der Waals surface area contributed by atoms with Gasteiger partial charge in [-0.05, 0) is 14.0 Å². The molecule has 1 aromatic rings. The van der Waals surface area contributed by atoms with Gasteiger partial charge in [0, 0.05) is 37.6 Å². The zero-order chi connectivity index (χ0) is 13.1. The van der Waals surface area contributed by atoms with Gasteiger partial charge in [-0.2, -0.15) is 0 Å². The van der Waals surface area contributed by atoms with Crippen molar-refractivity contribution >= 4 is 17.2 Å². The van der Waals surface area contributed by atoms with Gasteiger partial charge in [0.25, 0.3) is 5.91 Å². The van der Waals surface area contributed by atoms with E-state index >= 15 is 0 Å². The number of carbonyl (C=O) groups excluding carboxylic acids is 1. The molecule has 1 aliphatic rings. The topological polar surface area (TPSA) is 74.5 Å². The second-order valence-electron chi connectivity index (χ2n) is 4.70. The van der Waals surface area contributed by atoms with E-state index in [1.54, 1.807) is 0 Å². The first kappa shape index (κ1) is 13.4. The Morgan fingerprint density at radius 3 is 3.11 bits per heavy atom. The summed E-state index contributed by atoms with van der Waals surface area (Å²) in [5, 5.41) is 2.35. The molecular weight excluding hydrogens is 250 g/mol. The van der Waals surface area contributed by atoms with E-state index in [4.69, 9.17) is 5.84 Å². The lowest BCUT2D eigenvalue weighted by Crippen LogP contribution is -2.49. The van der Waals surface area contributed by atoms with Gasteiger partial charge in [-0.3, -0.25) is 15.1 Å². The fourth-order valence-electron chi connectivity index (χ4n) is 2.17. The first-order valence-corrected chi connectivity index (χ1v) is 6.86. The summed E-state index contributed by atoms with van der Waals surface area (Å²) in [4.78, 5) is 20.3. The Balaban J connectivity index is 1.97. The van der Waals surface area contributed by atoms with Crippen LogP contribution in [0.25, 0.3) is 0 Å². The first-order valence-electron chi connectivity index (χ1n) is 5.98. The van der Waals surface area contributed by atoms with Crippen LogP contribution in [-0.4, -0.2) is 53.4 Å². The lowest BCUT2D eigenvalue weighted by atomic mass is 10.2. The minimum Gasteiger partial charge on any atom is -0.304 e. The third-order valence-corrected chi connectivity index (χ3v) is 4.10. The van der Waals surface area contributed by atoms with Gasteiger partial charge in [-0.25, -0.2) is 10.8 Å². The van der Waals surface area contributed by atoms with Gasteiger partial charge in [0.05, 0.1) is 5.69 Å². The molecule has 1 saturated heterocycles. The molecule has 1 atom stereocenters. The van der Waals surface area contributed by atoms with Crippen molar-refractivity contribution in [1.82, 2.24) is 20.2 Å². The molecule has 0 radical (unpaired) electrons. The molecule has 2 heterocycles. The molecule has 0 aromatic carbocycles. The van der Waals surface area contributed by atoms with Gasteiger partial charge in [-0.15, -0.1) is 11.3 Å². The molecule has 18 heavy (non-hydrogen) atoms. The average Bonchev–Trinajstić information content (AvgIpc) is 2.80. The number of nitrogen functional groups attached to an aromatic ring is 1. The highest BCUT2D eigenvalue weighted by atomic mass is 32.1. The molecule has 1 unspecified atom stereocenters. The second-order valence-corrected chi connectivity index (χ2v) is 5.56. The van der Waals surface area contributed by atoms with E-state index in [2.05, 4.69) is 34.2 Å². The minimum atomic E-state index is -0.322. The van der Waals surface area contributed by atoms with Crippen molar-refractivity contribution in [2.24, 2.45) is 5.84 Å². The van der Waals surface area contributed by atoms with Crippen LogP contribution in [0.5, 0.6) is 0 Å². The molecule has 1 aliphatic heterocycles. The van der Waals surface area contributed by atoms with Crippen LogP contribution >= 0.6 is 11.3 Å². The Morgan fingerprint density at radius 2 is 2.44 bits per heavy atom. The summed E-state index contributed by atoms with van der Waals surface area (Å²) >= 11 is 1.33. The molecule has 6 nitrogen and oxygen atoms in total. The maximum atomic E-state index is 11.3. The van der Waals surface area contributed by atoms with Gasteiger partial charge in [0.15, 0.2) is 5.01 Å². The number of nitrogens with one attached hydrogen (secondary N) is 1. The van der Waals surface area contributed by atoms with E-state index in [0.29, 0.717) is 11.0 Å². The van der Waals surface area contributed by atoms with E-state index < -0.39 is 0 Å². The van der Waals surface area contributed by atoms with E-state index in [1.165, 1.54) is 11.3 Å². The highest BCUT2D eigenvalue weighted by molar-refractivity contribution is 7.11. The number of rotatable bonds is 3. The number of nitrogens with zero attached hydrogens (tertiary/aromatic N) is 3. The summed E-state index contributed by atoms with van der Waals surface area (Å²) in [6, 6.07) is 0.511. The van der Waals surface area contributed by atoms with Crippen molar-refractivity contribution in [1.29, 1.82) is 0 Å². The Labute approximate surface area is 111 Å². The van der Waals surface area contributed by atoms with Gasteiger partial charge < -0.3 is 4.90 Å². The van der Waals surface area contributed by atoms with Gasteiger partial charge >= 0.3 is 0 Å². The Bertz CT molecular complexity index is 421. The van der Waals surface area contributed by atoms with E-state index in [0.717, 1.165) is 31.9 Å². The van der Waals surface area contributed by atoms with Crippen LogP contribution in [0.15, 0.2) is 5.38 Å². The van der Waals surface area contributed by atoms with Crippen molar-refractivity contribution < 1.29 is 4.79 Å². The third kappa shape index (κ3) is 3.05. The molecule has 1 amide bonds. The number of piperazine rings is 1. The lowest BCUT2D eigenvalue weighted by molar-refractivity contribution is 0.0922. The summed E-state index contributed by atoms with van der Waals surface area (Å²) in [5.41, 5.74) is 3.04. The predicted molar refractivity (Wildman–Crippen MR) is 71.1 cm³/mol. The van der Waals surface area contributed by atoms with Crippen molar-refractivity contribution in [2.75, 3.05) is 26.7 Å². The molecule has 0 bridgehead atoms. The molecule has 0 saturated carbocycles. The zero-order valence-corrected chi connectivity index (χ0v) is 11.5. The number of aromatic nitrogens is 1. The standard InChI is InChI=1S/C11H19N5OS/c1-8-5-15(2)3-4-16(8)6-9-7-18-11(13-9)10(17)14-12/h7-8H,3-6,12H2,1-2H3,(H,14,17). The molecule has 0 spiro atoms. The number of amides is 1. The molecular formula is C11H19N5OS. The van der Waals surface area contributed by atoms with Crippen LogP contribution in [0.1, 0.15) is 22.4 Å². The highest BCUT2D eigenvalue weighted by Crippen LogP contribution is 2.15. The Morgan fingerprint density at radius 1 is 1.67 bits per heavy atom. The number of likely N-dealkylation sites (N-methyl/N-ethyl adjacent to an activating group) is 1. The number of hydrogen-bond donors (Lipinski definition) is 2. The largest absolute Gasteiger partial charge is 0.304 e. The summed E-state index contributed by atoms with van der Waals surface area (Å²) in [6.07, 6.45) is 0. The molecule has 100 valence electrons. The van der Waals surface area contributed by atoms with Crippen molar-refractivity contribution in [3.05, 3.63) is 16.1 Å². The zero-order valence-electron chi connectivity index (χ0n) is 10.7. The fourth-order valence-corrected chi connectivity index (χ4v) is 2.88. The molecule has 7 heteroatoms. The highest BCUT2D eigenvalue weighted by Gasteiger charge is 2.22. The van der Waals surface area contributed by atoms with Crippen LogP contribution in [0.2, 0.25) is 0 Å². The normalized spacial score (nSPS) is 22.1. The van der Waals surface area contributed by atoms with Gasteiger partial charge in [-0.1, -0.05) is 0 Å². The van der Waals surface area contributed by atoms with Crippen LogP contribution in [-0.2, 0) is 6.54 Å². The molecule has 3 N–H and O–H groups in total. The van der Waals surface area contributed by atoms with Crippen molar-refractivity contribution in [2.45, 2.75) is 19.5 Å². The summed E-state index contributed by atoms with van der Waals surface area (Å²) < 4.78 is 0. The summed E-state index contributed by atoms with van der Waals surface area (Å²) in [6.45, 7) is 6.19. The number of thiazole rings is 1. The number of hydrogen-bond acceptors (Lipinski definition) is 6. The molecule has 2 rings (SSSR count).